The standard InChI is InChI=1S/C13H19BrN2/c1-10-8-11(2-3-13(10)14)9-16-6-4-12(15)5-7-16/h2-3,8,12H,4-7,9,15H2,1H3. The average Bonchev–Trinajstić information content (AvgIpc) is 2.27. The van der Waals surface area contributed by atoms with Crippen LogP contribution in [0.5, 0.6) is 0 Å². The predicted octanol–water partition coefficient (Wildman–Crippen LogP) is 2.68. The van der Waals surface area contributed by atoms with Crippen molar-refractivity contribution in [3.8, 4) is 0 Å². The van der Waals surface area contributed by atoms with E-state index in [1.54, 1.807) is 0 Å². The number of hydrogen-bond donors (Lipinski definition) is 1. The lowest BCUT2D eigenvalue weighted by atomic mass is 10.0. The van der Waals surface area contributed by atoms with Crippen LogP contribution in [-0.4, -0.2) is 24.0 Å². The molecule has 1 aliphatic rings. The smallest absolute Gasteiger partial charge is 0.0233 e. The minimum absolute atomic E-state index is 0.419. The van der Waals surface area contributed by atoms with Crippen LogP contribution in [0.1, 0.15) is 24.0 Å². The maximum absolute atomic E-state index is 5.90. The van der Waals surface area contributed by atoms with Gasteiger partial charge in [-0.3, -0.25) is 4.90 Å². The number of halogens is 1. The van der Waals surface area contributed by atoms with E-state index in [0.717, 1.165) is 32.5 Å². The molecule has 0 aromatic heterocycles. The molecule has 1 aromatic rings. The first-order valence-corrected chi connectivity index (χ1v) is 6.67. The van der Waals surface area contributed by atoms with E-state index in [9.17, 15) is 0 Å². The van der Waals surface area contributed by atoms with E-state index in [-0.39, 0.29) is 0 Å². The van der Waals surface area contributed by atoms with Crippen molar-refractivity contribution in [3.05, 3.63) is 33.8 Å². The van der Waals surface area contributed by atoms with Crippen molar-refractivity contribution in [1.82, 2.24) is 4.90 Å². The third kappa shape index (κ3) is 3.06. The molecule has 0 radical (unpaired) electrons. The Morgan fingerprint density at radius 2 is 2.06 bits per heavy atom. The fourth-order valence-corrected chi connectivity index (χ4v) is 2.42. The molecule has 0 unspecified atom stereocenters. The van der Waals surface area contributed by atoms with Crippen LogP contribution in [0, 0.1) is 6.92 Å². The van der Waals surface area contributed by atoms with Gasteiger partial charge in [0.05, 0.1) is 0 Å². The van der Waals surface area contributed by atoms with Crippen LogP contribution in [-0.2, 0) is 6.54 Å². The van der Waals surface area contributed by atoms with Gasteiger partial charge < -0.3 is 5.73 Å². The first-order chi connectivity index (χ1) is 7.65. The van der Waals surface area contributed by atoms with Crippen molar-refractivity contribution < 1.29 is 0 Å². The van der Waals surface area contributed by atoms with Crippen LogP contribution in [0.25, 0.3) is 0 Å². The monoisotopic (exact) mass is 282 g/mol. The van der Waals surface area contributed by atoms with E-state index in [4.69, 9.17) is 5.73 Å². The molecule has 3 heteroatoms. The van der Waals surface area contributed by atoms with E-state index in [2.05, 4.69) is 46.0 Å². The Hall–Kier alpha value is -0.380. The highest BCUT2D eigenvalue weighted by Crippen LogP contribution is 2.19. The summed E-state index contributed by atoms with van der Waals surface area (Å²) in [5.41, 5.74) is 8.61. The van der Waals surface area contributed by atoms with Crippen molar-refractivity contribution >= 4 is 15.9 Å². The normalized spacial score (nSPS) is 18.9. The third-order valence-corrected chi connectivity index (χ3v) is 4.15. The predicted molar refractivity (Wildman–Crippen MR) is 71.4 cm³/mol. The zero-order valence-electron chi connectivity index (χ0n) is 9.75. The number of nitrogens with two attached hydrogens (primary N) is 1. The molecule has 1 fully saturated rings. The van der Waals surface area contributed by atoms with Gasteiger partial charge in [-0.25, -0.2) is 0 Å². The highest BCUT2D eigenvalue weighted by molar-refractivity contribution is 9.10. The minimum atomic E-state index is 0.419. The van der Waals surface area contributed by atoms with Crippen molar-refractivity contribution in [2.75, 3.05) is 13.1 Å². The second-order valence-corrected chi connectivity index (χ2v) is 5.55. The minimum Gasteiger partial charge on any atom is -0.328 e. The topological polar surface area (TPSA) is 29.3 Å². The fourth-order valence-electron chi connectivity index (χ4n) is 2.17. The van der Waals surface area contributed by atoms with Gasteiger partial charge >= 0.3 is 0 Å². The summed E-state index contributed by atoms with van der Waals surface area (Å²) < 4.78 is 1.19. The van der Waals surface area contributed by atoms with Crippen LogP contribution in [0.4, 0.5) is 0 Å². The molecule has 2 N–H and O–H groups in total. The van der Waals surface area contributed by atoms with Gasteiger partial charge in [0.2, 0.25) is 0 Å². The van der Waals surface area contributed by atoms with Gasteiger partial charge in [-0.05, 0) is 50.0 Å². The van der Waals surface area contributed by atoms with Gasteiger partial charge in [-0.1, -0.05) is 28.1 Å². The molecule has 0 atom stereocenters. The van der Waals surface area contributed by atoms with Crippen LogP contribution in [0.2, 0.25) is 0 Å². The molecule has 0 saturated carbocycles. The molecule has 2 nitrogen and oxygen atoms in total. The first-order valence-electron chi connectivity index (χ1n) is 5.88. The molecule has 1 heterocycles. The lowest BCUT2D eigenvalue weighted by molar-refractivity contribution is 0.205. The highest BCUT2D eigenvalue weighted by Gasteiger charge is 2.15. The summed E-state index contributed by atoms with van der Waals surface area (Å²) in [6, 6.07) is 7.02. The number of hydrogen-bond acceptors (Lipinski definition) is 2. The van der Waals surface area contributed by atoms with Gasteiger partial charge in [-0.2, -0.15) is 0 Å². The Morgan fingerprint density at radius 3 is 2.69 bits per heavy atom. The second kappa shape index (κ2) is 5.30. The van der Waals surface area contributed by atoms with Crippen LogP contribution >= 0.6 is 15.9 Å². The Labute approximate surface area is 106 Å². The van der Waals surface area contributed by atoms with Gasteiger partial charge in [0.25, 0.3) is 0 Å². The largest absolute Gasteiger partial charge is 0.328 e. The highest BCUT2D eigenvalue weighted by atomic mass is 79.9. The van der Waals surface area contributed by atoms with E-state index in [0.29, 0.717) is 6.04 Å². The summed E-state index contributed by atoms with van der Waals surface area (Å²) >= 11 is 3.53. The molecule has 1 saturated heterocycles. The Balaban J connectivity index is 1.96. The Kier molecular flexibility index (Phi) is 4.00. The summed E-state index contributed by atoms with van der Waals surface area (Å²) in [7, 11) is 0. The second-order valence-electron chi connectivity index (χ2n) is 4.70. The molecule has 0 bridgehead atoms. The van der Waals surface area contributed by atoms with Crippen molar-refractivity contribution in [2.45, 2.75) is 32.4 Å². The van der Waals surface area contributed by atoms with Crippen molar-refractivity contribution in [1.29, 1.82) is 0 Å². The molecule has 1 aromatic carbocycles. The van der Waals surface area contributed by atoms with E-state index in [1.807, 2.05) is 0 Å². The molecular weight excluding hydrogens is 264 g/mol. The SMILES string of the molecule is Cc1cc(CN2CCC(N)CC2)ccc1Br. The maximum Gasteiger partial charge on any atom is 0.0233 e. The summed E-state index contributed by atoms with van der Waals surface area (Å²) in [6.07, 6.45) is 2.27. The van der Waals surface area contributed by atoms with Gasteiger partial charge in [0.1, 0.15) is 0 Å². The molecular formula is C13H19BrN2. The first kappa shape index (κ1) is 12.1. The zero-order valence-corrected chi connectivity index (χ0v) is 11.3. The maximum atomic E-state index is 5.90. The van der Waals surface area contributed by atoms with Crippen LogP contribution < -0.4 is 5.73 Å². The van der Waals surface area contributed by atoms with E-state index < -0.39 is 0 Å². The number of aryl methyl sites for hydroxylation is 1. The lowest BCUT2D eigenvalue weighted by Gasteiger charge is -2.30. The van der Waals surface area contributed by atoms with Gasteiger partial charge in [0.15, 0.2) is 0 Å². The molecule has 0 aliphatic carbocycles. The van der Waals surface area contributed by atoms with Crippen molar-refractivity contribution in [2.24, 2.45) is 5.73 Å². The number of nitrogens with zero attached hydrogens (tertiary/aromatic N) is 1. The van der Waals surface area contributed by atoms with Crippen LogP contribution in [0.3, 0.4) is 0 Å². The molecule has 1 aliphatic heterocycles. The van der Waals surface area contributed by atoms with Gasteiger partial charge in [0, 0.05) is 17.1 Å². The molecule has 0 spiro atoms. The number of benzene rings is 1. The molecule has 2 rings (SSSR count). The quantitative estimate of drug-likeness (QED) is 0.904. The van der Waals surface area contributed by atoms with Gasteiger partial charge in [-0.15, -0.1) is 0 Å². The summed E-state index contributed by atoms with van der Waals surface area (Å²) in [5, 5.41) is 0. The van der Waals surface area contributed by atoms with Crippen molar-refractivity contribution in [3.63, 3.8) is 0 Å². The third-order valence-electron chi connectivity index (χ3n) is 3.26. The lowest BCUT2D eigenvalue weighted by Crippen LogP contribution is -2.39. The number of likely N-dealkylation sites (tertiary alicyclic amines) is 1. The fraction of sp³-hybridized carbons (Fsp3) is 0.538. The zero-order chi connectivity index (χ0) is 11.5. The molecule has 88 valence electrons. The average molecular weight is 283 g/mol. The van der Waals surface area contributed by atoms with Crippen LogP contribution in [0.15, 0.2) is 22.7 Å². The molecule has 16 heavy (non-hydrogen) atoms. The Bertz CT molecular complexity index is 357. The Morgan fingerprint density at radius 1 is 1.38 bits per heavy atom. The molecule has 0 amide bonds. The number of rotatable bonds is 2. The summed E-state index contributed by atoms with van der Waals surface area (Å²) in [6.45, 7) is 5.47. The summed E-state index contributed by atoms with van der Waals surface area (Å²) in [4.78, 5) is 2.49. The number of piperidine rings is 1. The van der Waals surface area contributed by atoms with E-state index >= 15 is 0 Å². The summed E-state index contributed by atoms with van der Waals surface area (Å²) in [5.74, 6) is 0. The van der Waals surface area contributed by atoms with E-state index in [1.165, 1.54) is 15.6 Å².